The summed E-state index contributed by atoms with van der Waals surface area (Å²) in [6.07, 6.45) is 7.94. The summed E-state index contributed by atoms with van der Waals surface area (Å²) >= 11 is 5.05. The minimum atomic E-state index is 0.464. The zero-order valence-corrected chi connectivity index (χ0v) is 11.2. The Balaban J connectivity index is 1.78. The van der Waals surface area contributed by atoms with Crippen LogP contribution in [0.1, 0.15) is 45.4 Å². The van der Waals surface area contributed by atoms with Crippen molar-refractivity contribution >= 4 is 17.2 Å². The maximum absolute atomic E-state index is 5.69. The van der Waals surface area contributed by atoms with Gasteiger partial charge in [0.15, 0.2) is 0 Å². The van der Waals surface area contributed by atoms with E-state index in [1.807, 2.05) is 0 Å². The highest BCUT2D eigenvalue weighted by atomic mass is 32.1. The average Bonchev–Trinajstić information content (AvgIpc) is 2.88. The Morgan fingerprint density at radius 3 is 2.50 bits per heavy atom. The second-order valence-corrected chi connectivity index (χ2v) is 6.29. The molecule has 0 heterocycles. The molecule has 0 atom stereocenters. The van der Waals surface area contributed by atoms with Crippen molar-refractivity contribution in [2.24, 2.45) is 17.1 Å². The van der Waals surface area contributed by atoms with Crippen LogP contribution in [0.4, 0.5) is 0 Å². The summed E-state index contributed by atoms with van der Waals surface area (Å²) < 4.78 is 0. The third kappa shape index (κ3) is 3.17. The van der Waals surface area contributed by atoms with Gasteiger partial charge in [-0.1, -0.05) is 25.6 Å². The van der Waals surface area contributed by atoms with Gasteiger partial charge in [-0.2, -0.15) is 0 Å². The van der Waals surface area contributed by atoms with Crippen LogP contribution >= 0.6 is 12.2 Å². The van der Waals surface area contributed by atoms with Crippen LogP contribution in [0, 0.1) is 11.3 Å². The van der Waals surface area contributed by atoms with E-state index < -0.39 is 0 Å². The number of hydrogen-bond acceptors (Lipinski definition) is 2. The van der Waals surface area contributed by atoms with Crippen molar-refractivity contribution in [3.8, 4) is 0 Å². The molecule has 0 radical (unpaired) electrons. The van der Waals surface area contributed by atoms with Gasteiger partial charge in [0.1, 0.15) is 0 Å². The topological polar surface area (TPSA) is 29.3 Å². The molecule has 0 amide bonds. The monoisotopic (exact) mass is 240 g/mol. The average molecular weight is 240 g/mol. The Morgan fingerprint density at radius 1 is 1.44 bits per heavy atom. The number of hydrogen-bond donors (Lipinski definition) is 1. The maximum Gasteiger partial charge on any atom is 0.0733 e. The first-order valence-electron chi connectivity index (χ1n) is 6.64. The van der Waals surface area contributed by atoms with Crippen molar-refractivity contribution in [1.29, 1.82) is 0 Å². The molecule has 2 fully saturated rings. The lowest BCUT2D eigenvalue weighted by molar-refractivity contribution is 0.158. The molecule has 0 aromatic rings. The van der Waals surface area contributed by atoms with E-state index in [9.17, 15) is 0 Å². The highest BCUT2D eigenvalue weighted by Crippen LogP contribution is 2.49. The minimum Gasteiger partial charge on any atom is -0.393 e. The predicted molar refractivity (Wildman–Crippen MR) is 72.5 cm³/mol. The van der Waals surface area contributed by atoms with Crippen LogP contribution in [0.5, 0.6) is 0 Å². The van der Waals surface area contributed by atoms with Gasteiger partial charge in [0.2, 0.25) is 0 Å². The van der Waals surface area contributed by atoms with Crippen molar-refractivity contribution < 1.29 is 0 Å². The van der Waals surface area contributed by atoms with Gasteiger partial charge in [-0.15, -0.1) is 0 Å². The molecule has 2 nitrogen and oxygen atoms in total. The largest absolute Gasteiger partial charge is 0.393 e. The normalized spacial score (nSPS) is 23.1. The third-order valence-corrected chi connectivity index (χ3v) is 4.40. The molecule has 2 rings (SSSR count). The maximum atomic E-state index is 5.69. The van der Waals surface area contributed by atoms with E-state index in [-0.39, 0.29) is 0 Å². The SMILES string of the molecule is CCN(CC1CCC1)CC1(CC(N)=S)CC1. The lowest BCUT2D eigenvalue weighted by Crippen LogP contribution is -2.37. The number of nitrogens with two attached hydrogens (primary N) is 1. The van der Waals surface area contributed by atoms with Gasteiger partial charge in [-0.25, -0.2) is 0 Å². The first-order valence-corrected chi connectivity index (χ1v) is 7.05. The van der Waals surface area contributed by atoms with Gasteiger partial charge in [0.25, 0.3) is 0 Å². The van der Waals surface area contributed by atoms with Gasteiger partial charge in [0.05, 0.1) is 4.99 Å². The van der Waals surface area contributed by atoms with E-state index in [2.05, 4.69) is 11.8 Å². The van der Waals surface area contributed by atoms with Crippen molar-refractivity contribution in [2.75, 3.05) is 19.6 Å². The summed E-state index contributed by atoms with van der Waals surface area (Å²) in [6.45, 7) is 5.97. The van der Waals surface area contributed by atoms with E-state index in [1.165, 1.54) is 51.7 Å². The molecule has 92 valence electrons. The molecule has 0 aromatic carbocycles. The summed E-state index contributed by atoms with van der Waals surface area (Å²) in [7, 11) is 0. The van der Waals surface area contributed by atoms with Crippen LogP contribution < -0.4 is 5.73 Å². The summed E-state index contributed by atoms with van der Waals surface area (Å²) in [5, 5.41) is 0. The fourth-order valence-electron chi connectivity index (χ4n) is 2.76. The van der Waals surface area contributed by atoms with Gasteiger partial charge < -0.3 is 10.6 Å². The Labute approximate surface area is 105 Å². The van der Waals surface area contributed by atoms with Crippen LogP contribution in [-0.2, 0) is 0 Å². The molecule has 0 saturated heterocycles. The lowest BCUT2D eigenvalue weighted by atomic mass is 9.85. The molecule has 0 aliphatic heterocycles. The molecule has 16 heavy (non-hydrogen) atoms. The second kappa shape index (κ2) is 5.01. The molecule has 2 N–H and O–H groups in total. The number of nitrogens with zero attached hydrogens (tertiary/aromatic N) is 1. The zero-order chi connectivity index (χ0) is 11.6. The molecule has 0 bridgehead atoms. The molecule has 3 heteroatoms. The van der Waals surface area contributed by atoms with Gasteiger partial charge in [-0.05, 0) is 43.6 Å². The van der Waals surface area contributed by atoms with E-state index >= 15 is 0 Å². The van der Waals surface area contributed by atoms with Crippen LogP contribution in [0.25, 0.3) is 0 Å². The number of rotatable bonds is 7. The molecule has 0 unspecified atom stereocenters. The molecular formula is C13H24N2S. The summed E-state index contributed by atoms with van der Waals surface area (Å²) in [6, 6.07) is 0. The van der Waals surface area contributed by atoms with Crippen LogP contribution in [-0.4, -0.2) is 29.5 Å². The standard InChI is InChI=1S/C13H24N2S/c1-2-15(9-11-4-3-5-11)10-13(6-7-13)8-12(14)16/h11H,2-10H2,1H3,(H2,14,16). The first kappa shape index (κ1) is 12.3. The Hall–Kier alpha value is -0.150. The Morgan fingerprint density at radius 2 is 2.12 bits per heavy atom. The molecule has 0 spiro atoms. The molecule has 2 saturated carbocycles. The fourth-order valence-corrected chi connectivity index (χ4v) is 3.06. The van der Waals surface area contributed by atoms with Crippen molar-refractivity contribution in [2.45, 2.75) is 45.4 Å². The summed E-state index contributed by atoms with van der Waals surface area (Å²) in [5.41, 5.74) is 6.15. The van der Waals surface area contributed by atoms with Crippen molar-refractivity contribution in [1.82, 2.24) is 4.90 Å². The minimum absolute atomic E-state index is 0.464. The van der Waals surface area contributed by atoms with Crippen LogP contribution in [0.3, 0.4) is 0 Å². The van der Waals surface area contributed by atoms with E-state index in [1.54, 1.807) is 0 Å². The van der Waals surface area contributed by atoms with E-state index in [0.29, 0.717) is 10.4 Å². The Kier molecular flexibility index (Phi) is 3.85. The van der Waals surface area contributed by atoms with E-state index in [0.717, 1.165) is 12.3 Å². The van der Waals surface area contributed by atoms with Gasteiger partial charge in [-0.3, -0.25) is 0 Å². The van der Waals surface area contributed by atoms with Crippen molar-refractivity contribution in [3.63, 3.8) is 0 Å². The molecule has 2 aliphatic rings. The highest BCUT2D eigenvalue weighted by Gasteiger charge is 2.44. The smallest absolute Gasteiger partial charge is 0.0733 e. The lowest BCUT2D eigenvalue weighted by Gasteiger charge is -2.33. The Bertz CT molecular complexity index is 257. The summed E-state index contributed by atoms with van der Waals surface area (Å²) in [4.78, 5) is 3.33. The van der Waals surface area contributed by atoms with Gasteiger partial charge in [0, 0.05) is 19.5 Å². The number of thiocarbonyl (C=S) groups is 1. The second-order valence-electron chi connectivity index (χ2n) is 5.77. The fraction of sp³-hybridized carbons (Fsp3) is 0.923. The van der Waals surface area contributed by atoms with Crippen LogP contribution in [0.2, 0.25) is 0 Å². The van der Waals surface area contributed by atoms with Gasteiger partial charge >= 0.3 is 0 Å². The predicted octanol–water partition coefficient (Wildman–Crippen LogP) is 2.56. The molecule has 2 aliphatic carbocycles. The summed E-state index contributed by atoms with van der Waals surface area (Å²) in [5.74, 6) is 0.973. The zero-order valence-electron chi connectivity index (χ0n) is 10.4. The highest BCUT2D eigenvalue weighted by molar-refractivity contribution is 7.80. The molecule has 0 aromatic heterocycles. The quantitative estimate of drug-likeness (QED) is 0.694. The third-order valence-electron chi connectivity index (χ3n) is 4.25. The van der Waals surface area contributed by atoms with Crippen molar-refractivity contribution in [3.05, 3.63) is 0 Å². The molecular weight excluding hydrogens is 216 g/mol. The van der Waals surface area contributed by atoms with Crippen LogP contribution in [0.15, 0.2) is 0 Å². The first-order chi connectivity index (χ1) is 7.63. The van der Waals surface area contributed by atoms with E-state index in [4.69, 9.17) is 18.0 Å².